The Kier molecular flexibility index (Phi) is 4.50. The van der Waals surface area contributed by atoms with Crippen molar-refractivity contribution in [3.63, 3.8) is 0 Å². The molecule has 0 aromatic heterocycles. The minimum atomic E-state index is -1.08. The van der Waals surface area contributed by atoms with Gasteiger partial charge in [0.1, 0.15) is 23.5 Å². The zero-order valence-corrected chi connectivity index (χ0v) is 15.8. The van der Waals surface area contributed by atoms with E-state index in [4.69, 9.17) is 9.47 Å². The van der Waals surface area contributed by atoms with E-state index in [1.165, 1.54) is 0 Å². The highest BCUT2D eigenvalue weighted by molar-refractivity contribution is 5.84. The Balaban J connectivity index is 1.61. The number of fused-ring (bicyclic) bond motifs is 3. The second-order valence-corrected chi connectivity index (χ2v) is 8.00. The molecule has 4 rings (SSSR count). The molecule has 1 aromatic rings. The van der Waals surface area contributed by atoms with Crippen LogP contribution in [0.1, 0.15) is 24.3 Å². The Hall–Kier alpha value is -2.28. The van der Waals surface area contributed by atoms with Crippen LogP contribution in [0.4, 0.5) is 0 Å². The molecule has 0 spiro atoms. The molecule has 0 bridgehead atoms. The maximum atomic E-state index is 13.1. The first-order valence-corrected chi connectivity index (χ1v) is 9.46. The van der Waals surface area contributed by atoms with Gasteiger partial charge in [-0.15, -0.1) is 0 Å². The molecule has 2 fully saturated rings. The number of methoxy groups -OCH3 is 1. The van der Waals surface area contributed by atoms with Crippen LogP contribution in [0.3, 0.4) is 0 Å². The summed E-state index contributed by atoms with van der Waals surface area (Å²) in [5.74, 6) is 0.253. The first-order valence-electron chi connectivity index (χ1n) is 9.46. The Bertz CT molecular complexity index is 759. The van der Waals surface area contributed by atoms with Crippen LogP contribution in [0.2, 0.25) is 0 Å². The fourth-order valence-corrected chi connectivity index (χ4v) is 4.67. The number of hydrogen-bond acceptors (Lipinski definition) is 5. The molecule has 1 N–H and O–H groups in total. The number of carboxylic acids is 1. The molecule has 3 aliphatic heterocycles. The van der Waals surface area contributed by atoms with Crippen molar-refractivity contribution in [3.05, 3.63) is 23.8 Å². The second kappa shape index (κ2) is 6.71. The fraction of sp³-hybridized carbons (Fsp3) is 0.600. The van der Waals surface area contributed by atoms with Crippen LogP contribution in [0, 0.1) is 11.3 Å². The highest BCUT2D eigenvalue weighted by atomic mass is 16.5. The fourth-order valence-electron chi connectivity index (χ4n) is 4.67. The monoisotopic (exact) mass is 374 g/mol. The van der Waals surface area contributed by atoms with Crippen molar-refractivity contribution in [2.45, 2.75) is 18.8 Å². The number of benzene rings is 1. The predicted octanol–water partition coefficient (Wildman–Crippen LogP) is 1.43. The zero-order valence-electron chi connectivity index (χ0n) is 15.8. The van der Waals surface area contributed by atoms with Gasteiger partial charge in [-0.1, -0.05) is 6.07 Å². The predicted molar refractivity (Wildman–Crippen MR) is 98.1 cm³/mol. The number of aliphatic carboxylic acids is 1. The van der Waals surface area contributed by atoms with Crippen LogP contribution in [-0.2, 0) is 9.59 Å². The molecule has 1 aromatic carbocycles. The van der Waals surface area contributed by atoms with E-state index in [-0.39, 0.29) is 30.9 Å². The molecule has 0 radical (unpaired) electrons. The quantitative estimate of drug-likeness (QED) is 0.862. The van der Waals surface area contributed by atoms with E-state index in [0.29, 0.717) is 18.0 Å². The summed E-state index contributed by atoms with van der Waals surface area (Å²) in [6.07, 6.45) is 1.67. The van der Waals surface area contributed by atoms with Crippen molar-refractivity contribution in [2.75, 3.05) is 46.9 Å². The van der Waals surface area contributed by atoms with Crippen molar-refractivity contribution in [3.8, 4) is 11.5 Å². The second-order valence-electron chi connectivity index (χ2n) is 8.00. The normalized spacial score (nSPS) is 28.2. The lowest BCUT2D eigenvalue weighted by atomic mass is 9.73. The summed E-state index contributed by atoms with van der Waals surface area (Å²) in [5, 5.41) is 10.0. The minimum Gasteiger partial charge on any atom is -0.497 e. The Morgan fingerprint density at radius 3 is 2.70 bits per heavy atom. The first-order chi connectivity index (χ1) is 12.9. The van der Waals surface area contributed by atoms with Crippen LogP contribution in [0.5, 0.6) is 11.5 Å². The molecule has 2 saturated heterocycles. The molecule has 27 heavy (non-hydrogen) atoms. The van der Waals surface area contributed by atoms with E-state index in [2.05, 4.69) is 11.9 Å². The summed E-state index contributed by atoms with van der Waals surface area (Å²) >= 11 is 0. The summed E-state index contributed by atoms with van der Waals surface area (Å²) in [4.78, 5) is 29.3. The number of ether oxygens (including phenoxy) is 2. The number of likely N-dealkylation sites (tertiary alicyclic amines) is 2. The maximum absolute atomic E-state index is 13.1. The van der Waals surface area contributed by atoms with Crippen LogP contribution < -0.4 is 9.47 Å². The van der Waals surface area contributed by atoms with Crippen LogP contribution in [-0.4, -0.2) is 73.7 Å². The average Bonchev–Trinajstić information content (AvgIpc) is 3.09. The maximum Gasteiger partial charge on any atom is 0.315 e. The summed E-state index contributed by atoms with van der Waals surface area (Å²) in [7, 11) is 3.65. The van der Waals surface area contributed by atoms with Gasteiger partial charge in [0.05, 0.1) is 7.11 Å². The molecular weight excluding hydrogens is 348 g/mol. The molecule has 0 aliphatic carbocycles. The van der Waals surface area contributed by atoms with Crippen LogP contribution in [0.15, 0.2) is 18.2 Å². The van der Waals surface area contributed by atoms with Crippen LogP contribution in [0.25, 0.3) is 0 Å². The summed E-state index contributed by atoms with van der Waals surface area (Å²) < 4.78 is 11.1. The molecule has 1 amide bonds. The van der Waals surface area contributed by atoms with Crippen molar-refractivity contribution < 1.29 is 24.2 Å². The lowest BCUT2D eigenvalue weighted by Gasteiger charge is -2.35. The standard InChI is InChI=1S/C20H26N2O5/c1-21-7-5-13(6-8-21)18(23)22-10-16-15-4-3-14(26-2)9-17(15)27-12-20(16,11-22)19(24)25/h3-4,9,13,16H,5-8,10-12H2,1-2H3,(H,24,25)/t16-,20-/m1/s1. The highest BCUT2D eigenvalue weighted by Gasteiger charge is 2.58. The van der Waals surface area contributed by atoms with E-state index in [1.807, 2.05) is 12.1 Å². The molecular formula is C20H26N2O5. The lowest BCUT2D eigenvalue weighted by molar-refractivity contribution is -0.152. The molecule has 0 saturated carbocycles. The summed E-state index contributed by atoms with van der Waals surface area (Å²) in [6, 6.07) is 5.49. The van der Waals surface area contributed by atoms with Crippen molar-refractivity contribution in [2.24, 2.45) is 11.3 Å². The number of carboxylic acid groups (broad SMARTS) is 1. The number of amides is 1. The van der Waals surface area contributed by atoms with Crippen molar-refractivity contribution in [1.29, 1.82) is 0 Å². The van der Waals surface area contributed by atoms with Crippen molar-refractivity contribution >= 4 is 11.9 Å². The summed E-state index contributed by atoms with van der Waals surface area (Å²) in [6.45, 7) is 2.53. The molecule has 7 nitrogen and oxygen atoms in total. The van der Waals surface area contributed by atoms with E-state index in [9.17, 15) is 14.7 Å². The van der Waals surface area contributed by atoms with Gasteiger partial charge in [-0.2, -0.15) is 0 Å². The Morgan fingerprint density at radius 1 is 1.30 bits per heavy atom. The smallest absolute Gasteiger partial charge is 0.315 e. The molecule has 7 heteroatoms. The number of hydrogen-bond donors (Lipinski definition) is 1. The number of piperidine rings is 1. The molecule has 2 atom stereocenters. The molecule has 146 valence electrons. The third-order valence-corrected chi connectivity index (χ3v) is 6.43. The van der Waals surface area contributed by atoms with E-state index < -0.39 is 11.4 Å². The third-order valence-electron chi connectivity index (χ3n) is 6.43. The van der Waals surface area contributed by atoms with Gasteiger partial charge < -0.3 is 24.4 Å². The van der Waals surface area contributed by atoms with Gasteiger partial charge in [-0.25, -0.2) is 0 Å². The van der Waals surface area contributed by atoms with Gasteiger partial charge in [0, 0.05) is 36.6 Å². The van der Waals surface area contributed by atoms with Gasteiger partial charge in [-0.3, -0.25) is 9.59 Å². The van der Waals surface area contributed by atoms with Gasteiger partial charge in [-0.05, 0) is 39.0 Å². The largest absolute Gasteiger partial charge is 0.497 e. The van der Waals surface area contributed by atoms with Gasteiger partial charge >= 0.3 is 5.97 Å². The Morgan fingerprint density at radius 2 is 2.04 bits per heavy atom. The van der Waals surface area contributed by atoms with Gasteiger partial charge in [0.25, 0.3) is 0 Å². The van der Waals surface area contributed by atoms with Gasteiger partial charge in [0.2, 0.25) is 5.91 Å². The molecule has 0 unspecified atom stereocenters. The minimum absolute atomic E-state index is 0.0107. The van der Waals surface area contributed by atoms with E-state index in [1.54, 1.807) is 18.1 Å². The first kappa shape index (κ1) is 18.1. The third kappa shape index (κ3) is 2.94. The SMILES string of the molecule is COc1ccc2c(c1)OC[C@]1(C(=O)O)CN(C(=O)C3CCN(C)CC3)C[C@H]21. The Labute approximate surface area is 158 Å². The summed E-state index contributed by atoms with van der Waals surface area (Å²) in [5.41, 5.74) is -0.231. The number of carbonyl (C=O) groups excluding carboxylic acids is 1. The highest BCUT2D eigenvalue weighted by Crippen LogP contribution is 2.50. The number of carbonyl (C=O) groups is 2. The number of rotatable bonds is 3. The average molecular weight is 374 g/mol. The number of nitrogens with zero attached hydrogens (tertiary/aromatic N) is 2. The van der Waals surface area contributed by atoms with E-state index >= 15 is 0 Å². The van der Waals surface area contributed by atoms with Gasteiger partial charge in [0.15, 0.2) is 0 Å². The van der Waals surface area contributed by atoms with Crippen molar-refractivity contribution in [1.82, 2.24) is 9.80 Å². The topological polar surface area (TPSA) is 79.3 Å². The molecule has 3 aliphatic rings. The van der Waals surface area contributed by atoms with Crippen LogP contribution >= 0.6 is 0 Å². The lowest BCUT2D eigenvalue weighted by Crippen LogP contribution is -2.47. The van der Waals surface area contributed by atoms with E-state index in [0.717, 1.165) is 31.5 Å². The zero-order chi connectivity index (χ0) is 19.2. The molecule has 3 heterocycles.